The second kappa shape index (κ2) is 7.42. The van der Waals surface area contributed by atoms with E-state index in [1.807, 2.05) is 12.1 Å². The minimum atomic E-state index is -3.21. The van der Waals surface area contributed by atoms with Crippen LogP contribution in [0.3, 0.4) is 0 Å². The number of H-pyrrole nitrogens is 1. The summed E-state index contributed by atoms with van der Waals surface area (Å²) >= 11 is 3.66. The van der Waals surface area contributed by atoms with Gasteiger partial charge in [-0.2, -0.15) is 9.57 Å². The molecule has 0 saturated carbocycles. The molecule has 0 atom stereocenters. The third-order valence-electron chi connectivity index (χ3n) is 6.83. The van der Waals surface area contributed by atoms with Gasteiger partial charge in [-0.15, -0.1) is 0 Å². The lowest BCUT2D eigenvalue weighted by molar-refractivity contribution is 0.103. The standard InChI is InChI=1S/C24H23BrN4O3S/c1-24(2)17-12-20(28-6-8-29(9-7-28)33(3,31)32)18(25)11-16(17)22(30)21-15-5-4-14(13-26)10-19(15)27-23(21)24/h4-5,10-12,27H,6-9H2,1-3H3. The maximum absolute atomic E-state index is 13.6. The zero-order valence-corrected chi connectivity index (χ0v) is 21.0. The number of anilines is 1. The number of nitrogens with one attached hydrogen (secondary N) is 1. The summed E-state index contributed by atoms with van der Waals surface area (Å²) in [5, 5.41) is 10.1. The molecule has 1 aliphatic carbocycles. The molecule has 0 bridgehead atoms. The molecule has 2 heterocycles. The van der Waals surface area contributed by atoms with Gasteiger partial charge in [0, 0.05) is 58.2 Å². The second-order valence-corrected chi connectivity index (χ2v) is 12.0. The number of nitriles is 1. The Bertz CT molecular complexity index is 1480. The van der Waals surface area contributed by atoms with Crippen LogP contribution >= 0.6 is 15.9 Å². The van der Waals surface area contributed by atoms with E-state index in [2.05, 4.69) is 51.8 Å². The smallest absolute Gasteiger partial charge is 0.211 e. The van der Waals surface area contributed by atoms with Crippen molar-refractivity contribution in [3.05, 3.63) is 62.8 Å². The molecule has 3 aromatic rings. The van der Waals surface area contributed by atoms with E-state index in [0.717, 1.165) is 32.3 Å². The van der Waals surface area contributed by atoms with E-state index < -0.39 is 15.4 Å². The fourth-order valence-corrected chi connectivity index (χ4v) is 6.43. The summed E-state index contributed by atoms with van der Waals surface area (Å²) < 4.78 is 26.1. The van der Waals surface area contributed by atoms with Crippen molar-refractivity contribution < 1.29 is 13.2 Å². The SMILES string of the molecule is CC1(C)c2cc(N3CCN(S(C)(=O)=O)CC3)c(Br)cc2C(=O)c2c1[nH]c1cc(C#N)ccc21. The second-order valence-electron chi connectivity index (χ2n) is 9.20. The molecule has 1 aromatic heterocycles. The van der Waals surface area contributed by atoms with Crippen LogP contribution in [-0.2, 0) is 15.4 Å². The van der Waals surface area contributed by atoms with Crippen LogP contribution in [0.2, 0.25) is 0 Å². The zero-order chi connectivity index (χ0) is 23.7. The quantitative estimate of drug-likeness (QED) is 0.548. The van der Waals surface area contributed by atoms with E-state index in [4.69, 9.17) is 0 Å². The van der Waals surface area contributed by atoms with Crippen LogP contribution in [0, 0.1) is 11.3 Å². The van der Waals surface area contributed by atoms with Crippen LogP contribution in [0.15, 0.2) is 34.8 Å². The van der Waals surface area contributed by atoms with Crippen molar-refractivity contribution in [3.63, 3.8) is 0 Å². The highest BCUT2D eigenvalue weighted by Gasteiger charge is 2.40. The Kier molecular flexibility index (Phi) is 4.98. The van der Waals surface area contributed by atoms with Gasteiger partial charge in [0.15, 0.2) is 5.78 Å². The van der Waals surface area contributed by atoms with Crippen molar-refractivity contribution in [2.45, 2.75) is 19.3 Å². The average molecular weight is 527 g/mol. The summed E-state index contributed by atoms with van der Waals surface area (Å²) in [4.78, 5) is 19.2. The first-order chi connectivity index (χ1) is 15.5. The maximum atomic E-state index is 13.6. The summed E-state index contributed by atoms with van der Waals surface area (Å²) in [5.74, 6) is -0.0376. The van der Waals surface area contributed by atoms with Gasteiger partial charge >= 0.3 is 0 Å². The highest BCUT2D eigenvalue weighted by atomic mass is 79.9. The third kappa shape index (κ3) is 3.39. The summed E-state index contributed by atoms with van der Waals surface area (Å²) in [6, 6.07) is 11.5. The first kappa shape index (κ1) is 22.1. The molecule has 170 valence electrons. The Morgan fingerprint density at radius 3 is 2.45 bits per heavy atom. The lowest BCUT2D eigenvalue weighted by atomic mass is 9.71. The number of nitrogens with zero attached hydrogens (tertiary/aromatic N) is 3. The van der Waals surface area contributed by atoms with Crippen LogP contribution in [0.25, 0.3) is 10.9 Å². The molecule has 1 aliphatic heterocycles. The van der Waals surface area contributed by atoms with Gasteiger partial charge < -0.3 is 9.88 Å². The van der Waals surface area contributed by atoms with Crippen LogP contribution < -0.4 is 4.90 Å². The molecule has 1 N–H and O–H groups in total. The molecule has 9 heteroatoms. The largest absolute Gasteiger partial charge is 0.368 e. The monoisotopic (exact) mass is 526 g/mol. The first-order valence-corrected chi connectivity index (χ1v) is 13.3. The van der Waals surface area contributed by atoms with Crippen molar-refractivity contribution in [1.82, 2.24) is 9.29 Å². The molecule has 33 heavy (non-hydrogen) atoms. The number of piperazine rings is 1. The van der Waals surface area contributed by atoms with Crippen molar-refractivity contribution >= 4 is 48.3 Å². The van der Waals surface area contributed by atoms with Crippen molar-refractivity contribution in [2.75, 3.05) is 37.3 Å². The minimum Gasteiger partial charge on any atom is -0.368 e. The summed E-state index contributed by atoms with van der Waals surface area (Å²) in [7, 11) is -3.21. The molecule has 0 radical (unpaired) electrons. The number of hydrogen-bond acceptors (Lipinski definition) is 5. The molecular weight excluding hydrogens is 504 g/mol. The molecule has 5 rings (SSSR count). The molecule has 0 amide bonds. The fraction of sp³-hybridized carbons (Fsp3) is 0.333. The van der Waals surface area contributed by atoms with Crippen LogP contribution in [0.4, 0.5) is 5.69 Å². The van der Waals surface area contributed by atoms with Gasteiger partial charge in [-0.1, -0.05) is 19.9 Å². The molecular formula is C24H23BrN4O3S. The van der Waals surface area contributed by atoms with E-state index in [1.54, 1.807) is 12.1 Å². The molecule has 2 aliphatic rings. The van der Waals surface area contributed by atoms with Crippen LogP contribution in [0.1, 0.15) is 46.6 Å². The fourth-order valence-electron chi connectivity index (χ4n) is 5.01. The van der Waals surface area contributed by atoms with Gasteiger partial charge in [-0.3, -0.25) is 4.79 Å². The molecule has 0 spiro atoms. The molecule has 2 aromatic carbocycles. The molecule has 1 saturated heterocycles. The number of aromatic nitrogens is 1. The third-order valence-corrected chi connectivity index (χ3v) is 8.77. The van der Waals surface area contributed by atoms with Gasteiger partial charge in [0.25, 0.3) is 0 Å². The van der Waals surface area contributed by atoms with Crippen molar-refractivity contribution in [2.24, 2.45) is 0 Å². The number of halogens is 1. The molecule has 1 fully saturated rings. The van der Waals surface area contributed by atoms with E-state index >= 15 is 0 Å². The zero-order valence-electron chi connectivity index (χ0n) is 18.6. The van der Waals surface area contributed by atoms with E-state index in [1.165, 1.54) is 10.6 Å². The van der Waals surface area contributed by atoms with Gasteiger partial charge in [0.2, 0.25) is 10.0 Å². The van der Waals surface area contributed by atoms with Crippen LogP contribution in [-0.4, -0.2) is 55.9 Å². The number of carbonyl (C=O) groups excluding carboxylic acids is 1. The van der Waals surface area contributed by atoms with E-state index in [9.17, 15) is 18.5 Å². The Hall–Kier alpha value is -2.67. The predicted octanol–water partition coefficient (Wildman–Crippen LogP) is 3.75. The van der Waals surface area contributed by atoms with Gasteiger partial charge in [0.05, 0.1) is 29.1 Å². The summed E-state index contributed by atoms with van der Waals surface area (Å²) in [5.41, 5.74) is 4.90. The summed E-state index contributed by atoms with van der Waals surface area (Å²) in [6.07, 6.45) is 1.24. The van der Waals surface area contributed by atoms with Crippen molar-refractivity contribution in [3.8, 4) is 6.07 Å². The highest BCUT2D eigenvalue weighted by molar-refractivity contribution is 9.10. The summed E-state index contributed by atoms with van der Waals surface area (Å²) in [6.45, 7) is 6.20. The number of aromatic amines is 1. The average Bonchev–Trinajstić information content (AvgIpc) is 3.17. The normalized spacial score (nSPS) is 18.2. The van der Waals surface area contributed by atoms with E-state index in [-0.39, 0.29) is 5.78 Å². The minimum absolute atomic E-state index is 0.0376. The Labute approximate surface area is 201 Å². The van der Waals surface area contributed by atoms with Gasteiger partial charge in [0.1, 0.15) is 0 Å². The van der Waals surface area contributed by atoms with Gasteiger partial charge in [-0.25, -0.2) is 8.42 Å². The number of benzene rings is 2. The molecule has 7 nitrogen and oxygen atoms in total. The lowest BCUT2D eigenvalue weighted by Gasteiger charge is -2.37. The lowest BCUT2D eigenvalue weighted by Crippen LogP contribution is -2.48. The number of ketones is 1. The topological polar surface area (TPSA) is 97.3 Å². The number of sulfonamides is 1. The van der Waals surface area contributed by atoms with E-state index in [0.29, 0.717) is 42.9 Å². The number of rotatable bonds is 2. The number of carbonyl (C=O) groups is 1. The Morgan fingerprint density at radius 2 is 1.82 bits per heavy atom. The van der Waals surface area contributed by atoms with Gasteiger partial charge in [-0.05, 0) is 45.8 Å². The number of fused-ring (bicyclic) bond motifs is 4. The highest BCUT2D eigenvalue weighted by Crippen LogP contribution is 2.46. The Balaban J connectivity index is 1.60. The predicted molar refractivity (Wildman–Crippen MR) is 131 cm³/mol. The number of hydrogen-bond donors (Lipinski definition) is 1. The Morgan fingerprint density at radius 1 is 1.12 bits per heavy atom. The first-order valence-electron chi connectivity index (χ1n) is 10.7. The molecule has 0 unspecified atom stereocenters. The van der Waals surface area contributed by atoms with Crippen LogP contribution in [0.5, 0.6) is 0 Å². The van der Waals surface area contributed by atoms with Crippen molar-refractivity contribution in [1.29, 1.82) is 5.26 Å². The maximum Gasteiger partial charge on any atom is 0.211 e.